The number of carbonyl (C=O) groups is 1. The number of hydrogen-bond donors (Lipinski definition) is 1. The second-order valence-corrected chi connectivity index (χ2v) is 6.05. The third-order valence-electron chi connectivity index (χ3n) is 3.27. The summed E-state index contributed by atoms with van der Waals surface area (Å²) in [5, 5.41) is 2.39. The van der Waals surface area contributed by atoms with Crippen LogP contribution < -0.4 is 5.32 Å². The minimum absolute atomic E-state index is 0.00397. The Balaban J connectivity index is 1.91. The van der Waals surface area contributed by atoms with Gasteiger partial charge < -0.3 is 5.32 Å². The molecule has 0 saturated carbocycles. The quantitative estimate of drug-likeness (QED) is 0.616. The summed E-state index contributed by atoms with van der Waals surface area (Å²) in [6, 6.07) is 10.7. The zero-order valence-corrected chi connectivity index (χ0v) is 13.3. The lowest BCUT2D eigenvalue weighted by Gasteiger charge is -2.09. The van der Waals surface area contributed by atoms with Gasteiger partial charge in [-0.1, -0.05) is 30.3 Å². The number of halogens is 4. The first kappa shape index (κ1) is 17.2. The van der Waals surface area contributed by atoms with Crippen LogP contribution in [-0.2, 0) is 11.0 Å². The lowest BCUT2D eigenvalue weighted by Crippen LogP contribution is -2.19. The highest BCUT2D eigenvalue weighted by atomic mass is 32.2. The van der Waals surface area contributed by atoms with Crippen molar-refractivity contribution in [3.05, 3.63) is 70.4 Å². The third kappa shape index (κ3) is 3.90. The van der Waals surface area contributed by atoms with Crippen molar-refractivity contribution in [2.75, 3.05) is 0 Å². The van der Waals surface area contributed by atoms with Gasteiger partial charge >= 0.3 is 6.18 Å². The fourth-order valence-electron chi connectivity index (χ4n) is 2.13. The molecule has 1 aliphatic heterocycles. The molecule has 1 saturated heterocycles. The van der Waals surface area contributed by atoms with E-state index in [4.69, 9.17) is 0 Å². The van der Waals surface area contributed by atoms with Gasteiger partial charge in [-0.25, -0.2) is 9.38 Å². The lowest BCUT2D eigenvalue weighted by atomic mass is 10.2. The summed E-state index contributed by atoms with van der Waals surface area (Å²) in [5.41, 5.74) is -0.995. The second kappa shape index (κ2) is 6.72. The first-order valence-electron chi connectivity index (χ1n) is 7.05. The van der Waals surface area contributed by atoms with Crippen molar-refractivity contribution in [2.24, 2.45) is 4.99 Å². The van der Waals surface area contributed by atoms with E-state index in [2.05, 4.69) is 10.3 Å². The highest BCUT2D eigenvalue weighted by Gasteiger charge is 2.34. The van der Waals surface area contributed by atoms with Crippen LogP contribution >= 0.6 is 11.8 Å². The van der Waals surface area contributed by atoms with Crippen molar-refractivity contribution in [2.45, 2.75) is 6.18 Å². The molecule has 0 spiro atoms. The molecule has 1 fully saturated rings. The summed E-state index contributed by atoms with van der Waals surface area (Å²) in [7, 11) is 0. The Morgan fingerprint density at radius 3 is 2.44 bits per heavy atom. The number of alkyl halides is 3. The molecule has 1 N–H and O–H groups in total. The average molecular weight is 366 g/mol. The van der Waals surface area contributed by atoms with E-state index < -0.39 is 23.5 Å². The van der Waals surface area contributed by atoms with Crippen LogP contribution in [0.25, 0.3) is 6.08 Å². The molecule has 0 aliphatic carbocycles. The van der Waals surface area contributed by atoms with Crippen molar-refractivity contribution in [1.29, 1.82) is 0 Å². The lowest BCUT2D eigenvalue weighted by molar-refractivity contribution is -0.137. The first-order chi connectivity index (χ1) is 11.8. The van der Waals surface area contributed by atoms with Crippen molar-refractivity contribution in [3.8, 4) is 0 Å². The summed E-state index contributed by atoms with van der Waals surface area (Å²) < 4.78 is 52.6. The predicted molar refractivity (Wildman–Crippen MR) is 88.6 cm³/mol. The van der Waals surface area contributed by atoms with E-state index in [9.17, 15) is 22.4 Å². The summed E-state index contributed by atoms with van der Waals surface area (Å²) in [6.45, 7) is 0. The van der Waals surface area contributed by atoms with E-state index in [0.717, 1.165) is 17.8 Å². The van der Waals surface area contributed by atoms with Crippen LogP contribution in [-0.4, -0.2) is 11.1 Å². The van der Waals surface area contributed by atoms with Crippen LogP contribution in [0.2, 0.25) is 0 Å². The molecular weight excluding hydrogens is 356 g/mol. The summed E-state index contributed by atoms with van der Waals surface area (Å²) in [5.74, 6) is -1.05. The van der Waals surface area contributed by atoms with Crippen molar-refractivity contribution >= 4 is 34.6 Å². The standard InChI is InChI=1S/C17H10F4N2OS/c18-12-7-3-1-5-10(12)9-14-15(24)23-16(25-14)22-13-8-4-2-6-11(13)17(19,20)21/h1-9H,(H,22,23,24). The van der Waals surface area contributed by atoms with Gasteiger partial charge in [-0.2, -0.15) is 13.2 Å². The number of thioether (sulfide) groups is 1. The highest BCUT2D eigenvalue weighted by Crippen LogP contribution is 2.37. The van der Waals surface area contributed by atoms with Gasteiger partial charge in [0.2, 0.25) is 0 Å². The molecule has 1 heterocycles. The second-order valence-electron chi connectivity index (χ2n) is 5.02. The fourth-order valence-corrected chi connectivity index (χ4v) is 2.96. The van der Waals surface area contributed by atoms with E-state index in [0.29, 0.717) is 0 Å². The van der Waals surface area contributed by atoms with Crippen LogP contribution in [0.3, 0.4) is 0 Å². The number of benzene rings is 2. The molecule has 0 unspecified atom stereocenters. The van der Waals surface area contributed by atoms with Gasteiger partial charge in [0.25, 0.3) is 5.91 Å². The number of amides is 1. The number of nitrogens with zero attached hydrogens (tertiary/aromatic N) is 1. The molecule has 1 aliphatic rings. The first-order valence-corrected chi connectivity index (χ1v) is 7.86. The Kier molecular flexibility index (Phi) is 4.63. The maximum absolute atomic E-state index is 13.7. The molecule has 25 heavy (non-hydrogen) atoms. The van der Waals surface area contributed by atoms with Gasteiger partial charge in [-0.15, -0.1) is 0 Å². The molecule has 2 aromatic rings. The smallest absolute Gasteiger partial charge is 0.300 e. The number of amidine groups is 1. The maximum atomic E-state index is 13.7. The maximum Gasteiger partial charge on any atom is 0.418 e. The number of aliphatic imine (C=N–C) groups is 1. The molecular formula is C17H10F4N2OS. The molecule has 0 bridgehead atoms. The zero-order chi connectivity index (χ0) is 18.0. The Bertz CT molecular complexity index is 890. The number of nitrogens with one attached hydrogen (secondary N) is 1. The normalized spacial score (nSPS) is 18.0. The van der Waals surface area contributed by atoms with Crippen LogP contribution in [0.15, 0.2) is 58.4 Å². The number of rotatable bonds is 2. The van der Waals surface area contributed by atoms with Gasteiger partial charge in [-0.05, 0) is 36.0 Å². The molecule has 1 amide bonds. The van der Waals surface area contributed by atoms with Crippen molar-refractivity contribution < 1.29 is 22.4 Å². The molecule has 8 heteroatoms. The molecule has 0 radical (unpaired) electrons. The van der Waals surface area contributed by atoms with E-state index in [1.807, 2.05) is 0 Å². The number of para-hydroxylation sites is 1. The molecule has 2 aromatic carbocycles. The van der Waals surface area contributed by atoms with E-state index in [1.165, 1.54) is 42.5 Å². The van der Waals surface area contributed by atoms with Crippen LogP contribution in [0.5, 0.6) is 0 Å². The average Bonchev–Trinajstić information content (AvgIpc) is 2.88. The highest BCUT2D eigenvalue weighted by molar-refractivity contribution is 8.18. The largest absolute Gasteiger partial charge is 0.418 e. The fraction of sp³-hybridized carbons (Fsp3) is 0.0588. The summed E-state index contributed by atoms with van der Waals surface area (Å²) >= 11 is 0.853. The number of hydrogen-bond acceptors (Lipinski definition) is 3. The van der Waals surface area contributed by atoms with Crippen LogP contribution in [0.4, 0.5) is 23.2 Å². The topological polar surface area (TPSA) is 41.5 Å². The predicted octanol–water partition coefficient (Wildman–Crippen LogP) is 4.74. The third-order valence-corrected chi connectivity index (χ3v) is 4.18. The minimum Gasteiger partial charge on any atom is -0.300 e. The Morgan fingerprint density at radius 2 is 1.72 bits per heavy atom. The van der Waals surface area contributed by atoms with Gasteiger partial charge in [0.1, 0.15) is 5.82 Å². The Morgan fingerprint density at radius 1 is 1.04 bits per heavy atom. The SMILES string of the molecule is O=C1NC(=Nc2ccccc2C(F)(F)F)SC1=Cc1ccccc1F. The molecule has 0 aromatic heterocycles. The van der Waals surface area contributed by atoms with Gasteiger partial charge in [0.15, 0.2) is 5.17 Å². The summed E-state index contributed by atoms with van der Waals surface area (Å²) in [4.78, 5) is 16.0. The van der Waals surface area contributed by atoms with Crippen LogP contribution in [0.1, 0.15) is 11.1 Å². The minimum atomic E-state index is -4.56. The molecule has 128 valence electrons. The van der Waals surface area contributed by atoms with Gasteiger partial charge in [-0.3, -0.25) is 4.79 Å². The monoisotopic (exact) mass is 366 g/mol. The molecule has 0 atom stereocenters. The van der Waals surface area contributed by atoms with Gasteiger partial charge in [0, 0.05) is 5.56 Å². The molecule has 3 nitrogen and oxygen atoms in total. The van der Waals surface area contributed by atoms with Gasteiger partial charge in [0.05, 0.1) is 16.2 Å². The van der Waals surface area contributed by atoms with E-state index >= 15 is 0 Å². The van der Waals surface area contributed by atoms with Crippen LogP contribution in [0, 0.1) is 5.82 Å². The Labute approximate surface area is 144 Å². The van der Waals surface area contributed by atoms with E-state index in [1.54, 1.807) is 6.07 Å². The zero-order valence-electron chi connectivity index (χ0n) is 12.5. The molecule has 3 rings (SSSR count). The van der Waals surface area contributed by atoms with E-state index in [-0.39, 0.29) is 21.3 Å². The summed E-state index contributed by atoms with van der Waals surface area (Å²) in [6.07, 6.45) is -3.23. The van der Waals surface area contributed by atoms with Crippen molar-refractivity contribution in [1.82, 2.24) is 5.32 Å². The number of carbonyl (C=O) groups excluding carboxylic acids is 1. The van der Waals surface area contributed by atoms with Crippen molar-refractivity contribution in [3.63, 3.8) is 0 Å². The Hall–Kier alpha value is -2.61.